The van der Waals surface area contributed by atoms with Gasteiger partial charge >= 0.3 is 5.97 Å². The Morgan fingerprint density at radius 3 is 2.08 bits per heavy atom. The molecule has 0 aromatic heterocycles. The van der Waals surface area contributed by atoms with E-state index in [0.29, 0.717) is 17.0 Å². The molecule has 2 fully saturated rings. The van der Waals surface area contributed by atoms with Crippen LogP contribution >= 0.6 is 0 Å². The number of fused-ring (bicyclic) bond motifs is 1. The van der Waals surface area contributed by atoms with Crippen molar-refractivity contribution in [1.82, 2.24) is 0 Å². The highest BCUT2D eigenvalue weighted by atomic mass is 16.7. The molecule has 0 radical (unpaired) electrons. The third-order valence-corrected chi connectivity index (χ3v) is 6.92. The zero-order valence-electron chi connectivity index (χ0n) is 20.6. The van der Waals surface area contributed by atoms with Gasteiger partial charge < -0.3 is 4.74 Å². The Morgan fingerprint density at radius 2 is 1.39 bits per heavy atom. The van der Waals surface area contributed by atoms with Gasteiger partial charge in [-0.05, 0) is 60.5 Å². The summed E-state index contributed by atoms with van der Waals surface area (Å²) < 4.78 is 5.53. The molecule has 188 valence electrons. The lowest BCUT2D eigenvalue weighted by molar-refractivity contribution is -0.126. The number of hydroxylamine groups is 1. The molecule has 6 rings (SSSR count). The van der Waals surface area contributed by atoms with Crippen molar-refractivity contribution in [3.63, 3.8) is 0 Å². The number of hydrogen-bond acceptors (Lipinski definition) is 6. The smallest absolute Gasteiger partial charge is 0.343 e. The highest BCUT2D eigenvalue weighted by Gasteiger charge is 2.60. The minimum Gasteiger partial charge on any atom is -0.423 e. The molecule has 0 unspecified atom stereocenters. The van der Waals surface area contributed by atoms with Gasteiger partial charge in [-0.1, -0.05) is 66.7 Å². The number of anilines is 2. The summed E-state index contributed by atoms with van der Waals surface area (Å²) in [6, 6.07) is 31.9. The van der Waals surface area contributed by atoms with Crippen LogP contribution in [-0.4, -0.2) is 23.9 Å². The summed E-state index contributed by atoms with van der Waals surface area (Å²) >= 11 is 0. The van der Waals surface area contributed by atoms with Gasteiger partial charge in [0.15, 0.2) is 6.10 Å². The summed E-state index contributed by atoms with van der Waals surface area (Å²) in [4.78, 5) is 47.2. The monoisotopic (exact) mass is 504 g/mol. The Bertz CT molecular complexity index is 1500. The molecule has 0 aliphatic carbocycles. The number of benzene rings is 4. The van der Waals surface area contributed by atoms with Crippen LogP contribution in [0, 0.1) is 12.8 Å². The van der Waals surface area contributed by atoms with Gasteiger partial charge in [0.25, 0.3) is 5.91 Å². The molecule has 38 heavy (non-hydrogen) atoms. The van der Waals surface area contributed by atoms with Crippen molar-refractivity contribution in [3.8, 4) is 5.75 Å². The maximum atomic E-state index is 13.8. The van der Waals surface area contributed by atoms with Crippen molar-refractivity contribution >= 4 is 29.2 Å². The summed E-state index contributed by atoms with van der Waals surface area (Å²) in [5.41, 5.74) is 3.33. The van der Waals surface area contributed by atoms with E-state index in [0.717, 1.165) is 16.8 Å². The van der Waals surface area contributed by atoms with Gasteiger partial charge in [0, 0.05) is 0 Å². The third kappa shape index (κ3) is 4.03. The number of para-hydroxylation sites is 2. The van der Waals surface area contributed by atoms with E-state index in [1.54, 1.807) is 65.7 Å². The highest BCUT2D eigenvalue weighted by molar-refractivity contribution is 6.24. The number of imide groups is 1. The number of esters is 1. The van der Waals surface area contributed by atoms with Crippen LogP contribution in [0.2, 0.25) is 0 Å². The number of hydrogen-bond donors (Lipinski definition) is 0. The first-order valence-electron chi connectivity index (χ1n) is 12.3. The average molecular weight is 505 g/mol. The predicted molar refractivity (Wildman–Crippen MR) is 142 cm³/mol. The molecule has 2 heterocycles. The van der Waals surface area contributed by atoms with E-state index >= 15 is 0 Å². The first kappa shape index (κ1) is 23.6. The lowest BCUT2D eigenvalue weighted by atomic mass is 9.90. The largest absolute Gasteiger partial charge is 0.423 e. The van der Waals surface area contributed by atoms with Crippen LogP contribution in [0.5, 0.6) is 5.75 Å². The normalized spacial score (nSPS) is 20.5. The molecular weight excluding hydrogens is 480 g/mol. The van der Waals surface area contributed by atoms with Crippen LogP contribution in [0.3, 0.4) is 0 Å². The number of carbonyl (C=O) groups excluding carboxylic acids is 3. The van der Waals surface area contributed by atoms with Gasteiger partial charge in [-0.15, -0.1) is 0 Å². The predicted octanol–water partition coefficient (Wildman–Crippen LogP) is 5.27. The van der Waals surface area contributed by atoms with E-state index in [1.807, 2.05) is 55.5 Å². The van der Waals surface area contributed by atoms with Gasteiger partial charge in [0.05, 0.1) is 23.0 Å². The Hall–Kier alpha value is -4.75. The maximum absolute atomic E-state index is 13.8. The fraction of sp³-hybridized carbons (Fsp3) is 0.129. The molecular formula is C31H24N2O5. The second-order valence-corrected chi connectivity index (χ2v) is 9.28. The van der Waals surface area contributed by atoms with E-state index in [4.69, 9.17) is 9.57 Å². The second kappa shape index (κ2) is 9.61. The van der Waals surface area contributed by atoms with Crippen molar-refractivity contribution in [3.05, 3.63) is 126 Å². The van der Waals surface area contributed by atoms with Gasteiger partial charge in [-0.3, -0.25) is 14.4 Å². The molecule has 3 atom stereocenters. The lowest BCUT2D eigenvalue weighted by Crippen LogP contribution is -2.37. The lowest BCUT2D eigenvalue weighted by Gasteiger charge is -2.29. The first-order chi connectivity index (χ1) is 18.5. The minimum absolute atomic E-state index is 0.308. The van der Waals surface area contributed by atoms with E-state index in [9.17, 15) is 14.4 Å². The molecule has 0 N–H and O–H groups in total. The Labute approximate surface area is 219 Å². The molecule has 2 saturated heterocycles. The summed E-state index contributed by atoms with van der Waals surface area (Å²) in [5, 5.41) is 1.64. The van der Waals surface area contributed by atoms with Crippen LogP contribution in [0.25, 0.3) is 0 Å². The van der Waals surface area contributed by atoms with Crippen molar-refractivity contribution in [2.75, 3.05) is 9.96 Å². The van der Waals surface area contributed by atoms with Crippen LogP contribution in [-0.2, 0) is 14.4 Å². The van der Waals surface area contributed by atoms with Gasteiger partial charge in [0.1, 0.15) is 11.7 Å². The second-order valence-electron chi connectivity index (χ2n) is 9.28. The number of carbonyl (C=O) groups is 3. The van der Waals surface area contributed by atoms with Gasteiger partial charge in [-0.25, -0.2) is 14.8 Å². The van der Waals surface area contributed by atoms with Crippen LogP contribution in [0.1, 0.15) is 27.5 Å². The van der Waals surface area contributed by atoms with Crippen molar-refractivity contribution < 1.29 is 24.0 Å². The zero-order chi connectivity index (χ0) is 26.2. The molecule has 2 aliphatic heterocycles. The van der Waals surface area contributed by atoms with Crippen LogP contribution < -0.4 is 14.7 Å². The Balaban J connectivity index is 1.34. The minimum atomic E-state index is -0.956. The third-order valence-electron chi connectivity index (χ3n) is 6.92. The van der Waals surface area contributed by atoms with Gasteiger partial charge in [0.2, 0.25) is 5.91 Å². The number of nitrogens with zero attached hydrogens (tertiary/aromatic N) is 2. The molecule has 0 bridgehead atoms. The number of ether oxygens (including phenoxy) is 1. The molecule has 7 heteroatoms. The summed E-state index contributed by atoms with van der Waals surface area (Å²) in [6.07, 6.45) is -0.956. The molecule has 2 amide bonds. The molecule has 2 aliphatic rings. The molecule has 4 aromatic carbocycles. The number of rotatable bonds is 5. The number of aryl methyl sites for hydroxylation is 1. The quantitative estimate of drug-likeness (QED) is 0.210. The molecule has 7 nitrogen and oxygen atoms in total. The van der Waals surface area contributed by atoms with E-state index in [-0.39, 0.29) is 11.8 Å². The first-order valence-corrected chi connectivity index (χ1v) is 12.3. The standard InChI is InChI=1S/C31H24N2O5/c1-20-10-8-9-15-25(20)32-29(34)26-27(33(38-28(26)30(32)35)23-13-6-3-7-14-23)21-16-18-24(19-17-21)37-31(36)22-11-4-2-5-12-22/h2-19,26-28H,1H3/t26-,27-,28-/m0/s1. The van der Waals surface area contributed by atoms with E-state index in [1.165, 1.54) is 4.90 Å². The van der Waals surface area contributed by atoms with Crippen molar-refractivity contribution in [2.45, 2.75) is 19.1 Å². The highest BCUT2D eigenvalue weighted by Crippen LogP contribution is 2.48. The fourth-order valence-electron chi connectivity index (χ4n) is 5.08. The van der Waals surface area contributed by atoms with Crippen LogP contribution in [0.15, 0.2) is 109 Å². The molecule has 0 spiro atoms. The van der Waals surface area contributed by atoms with E-state index in [2.05, 4.69) is 0 Å². The van der Waals surface area contributed by atoms with E-state index < -0.39 is 24.0 Å². The SMILES string of the molecule is Cc1ccccc1N1C(=O)[C@@H]2[C@H](ON(c3ccccc3)[C@H]2c2ccc(OC(=O)c3ccccc3)cc2)C1=O. The summed E-state index contributed by atoms with van der Waals surface area (Å²) in [6.45, 7) is 1.87. The van der Waals surface area contributed by atoms with Crippen molar-refractivity contribution in [1.29, 1.82) is 0 Å². The fourth-order valence-corrected chi connectivity index (χ4v) is 5.08. The van der Waals surface area contributed by atoms with Crippen molar-refractivity contribution in [2.24, 2.45) is 5.92 Å². The Kier molecular flexibility index (Phi) is 5.98. The zero-order valence-corrected chi connectivity index (χ0v) is 20.6. The maximum Gasteiger partial charge on any atom is 0.343 e. The topological polar surface area (TPSA) is 76.2 Å². The summed E-state index contributed by atoms with van der Waals surface area (Å²) in [5.74, 6) is -1.53. The number of amides is 2. The van der Waals surface area contributed by atoms with Crippen LogP contribution in [0.4, 0.5) is 11.4 Å². The Morgan fingerprint density at radius 1 is 0.763 bits per heavy atom. The molecule has 4 aromatic rings. The summed E-state index contributed by atoms with van der Waals surface area (Å²) in [7, 11) is 0. The molecule has 0 saturated carbocycles. The average Bonchev–Trinajstić information content (AvgIpc) is 3.46. The van der Waals surface area contributed by atoms with Gasteiger partial charge in [-0.2, -0.15) is 0 Å².